The number of benzene rings is 1. The number of carbonyl (C=O) groups excluding carboxylic acids is 2. The largest absolute Gasteiger partial charge is 0.468 e. The molecular formula is C18H22O4S. The smallest absolute Gasteiger partial charge is 0.323 e. The summed E-state index contributed by atoms with van der Waals surface area (Å²) in [4.78, 5) is 25.6. The molecule has 23 heavy (non-hydrogen) atoms. The van der Waals surface area contributed by atoms with E-state index in [4.69, 9.17) is 9.47 Å². The second kappa shape index (κ2) is 7.68. The molecule has 2 rings (SSSR count). The summed E-state index contributed by atoms with van der Waals surface area (Å²) in [6, 6.07) is 10.0. The van der Waals surface area contributed by atoms with Crippen LogP contribution in [0.1, 0.15) is 26.2 Å². The van der Waals surface area contributed by atoms with E-state index in [0.717, 1.165) is 16.9 Å². The Labute approximate surface area is 141 Å². The van der Waals surface area contributed by atoms with E-state index in [1.807, 2.05) is 30.3 Å². The van der Waals surface area contributed by atoms with Gasteiger partial charge in [-0.25, -0.2) is 0 Å². The molecule has 0 N–H and O–H groups in total. The van der Waals surface area contributed by atoms with Gasteiger partial charge in [-0.1, -0.05) is 42.5 Å². The van der Waals surface area contributed by atoms with Gasteiger partial charge in [0.15, 0.2) is 5.41 Å². The van der Waals surface area contributed by atoms with Crippen molar-refractivity contribution < 1.29 is 19.1 Å². The lowest BCUT2D eigenvalue weighted by molar-refractivity contribution is -0.168. The van der Waals surface area contributed by atoms with Crippen LogP contribution in [0.4, 0.5) is 0 Å². The molecule has 5 heteroatoms. The van der Waals surface area contributed by atoms with Gasteiger partial charge < -0.3 is 9.47 Å². The molecule has 0 radical (unpaired) electrons. The van der Waals surface area contributed by atoms with Crippen molar-refractivity contribution in [1.29, 1.82) is 0 Å². The SMILES string of the molecule is CCC1CC(C(=O)OC)(C(=O)OC)C/C1=C\Sc1ccccc1. The first-order chi connectivity index (χ1) is 11.1. The third-order valence-corrected chi connectivity index (χ3v) is 5.32. The van der Waals surface area contributed by atoms with Crippen molar-refractivity contribution in [1.82, 2.24) is 0 Å². The number of esters is 2. The first kappa shape index (κ1) is 17.6. The zero-order valence-corrected chi connectivity index (χ0v) is 14.5. The zero-order valence-electron chi connectivity index (χ0n) is 13.7. The van der Waals surface area contributed by atoms with Gasteiger partial charge in [-0.3, -0.25) is 9.59 Å². The van der Waals surface area contributed by atoms with Gasteiger partial charge in [-0.2, -0.15) is 0 Å². The molecule has 1 aliphatic rings. The predicted molar refractivity (Wildman–Crippen MR) is 89.9 cm³/mol. The third kappa shape index (κ3) is 3.61. The molecule has 0 aromatic heterocycles. The highest BCUT2D eigenvalue weighted by atomic mass is 32.2. The fraction of sp³-hybridized carbons (Fsp3) is 0.444. The van der Waals surface area contributed by atoms with Gasteiger partial charge in [0.2, 0.25) is 0 Å². The highest BCUT2D eigenvalue weighted by Crippen LogP contribution is 2.49. The second-order valence-corrected chi connectivity index (χ2v) is 6.62. The number of methoxy groups -OCH3 is 2. The number of thioether (sulfide) groups is 1. The van der Waals surface area contributed by atoms with E-state index in [1.165, 1.54) is 14.2 Å². The lowest BCUT2D eigenvalue weighted by atomic mass is 9.85. The fourth-order valence-electron chi connectivity index (χ4n) is 3.09. The van der Waals surface area contributed by atoms with E-state index in [1.54, 1.807) is 11.8 Å². The van der Waals surface area contributed by atoms with Crippen LogP contribution in [0.25, 0.3) is 0 Å². The number of allylic oxidation sites excluding steroid dienone is 1. The van der Waals surface area contributed by atoms with Crippen molar-refractivity contribution in [3.05, 3.63) is 41.3 Å². The monoisotopic (exact) mass is 334 g/mol. The van der Waals surface area contributed by atoms with E-state index < -0.39 is 17.4 Å². The van der Waals surface area contributed by atoms with Crippen LogP contribution in [0.15, 0.2) is 46.2 Å². The summed E-state index contributed by atoms with van der Waals surface area (Å²) in [6.07, 6.45) is 1.69. The van der Waals surface area contributed by atoms with Crippen molar-refractivity contribution in [2.24, 2.45) is 11.3 Å². The van der Waals surface area contributed by atoms with Gasteiger partial charge in [-0.05, 0) is 42.7 Å². The van der Waals surface area contributed by atoms with Crippen LogP contribution in [0.2, 0.25) is 0 Å². The van der Waals surface area contributed by atoms with Crippen molar-refractivity contribution >= 4 is 23.7 Å². The molecule has 0 aliphatic heterocycles. The van der Waals surface area contributed by atoms with Crippen LogP contribution < -0.4 is 0 Å². The summed E-state index contributed by atoms with van der Waals surface area (Å²) < 4.78 is 9.78. The van der Waals surface area contributed by atoms with Gasteiger partial charge in [0.1, 0.15) is 0 Å². The average molecular weight is 334 g/mol. The Balaban J connectivity index is 2.27. The van der Waals surface area contributed by atoms with Crippen LogP contribution in [0, 0.1) is 11.3 Å². The van der Waals surface area contributed by atoms with Gasteiger partial charge in [-0.15, -0.1) is 0 Å². The van der Waals surface area contributed by atoms with E-state index in [9.17, 15) is 9.59 Å². The Morgan fingerprint density at radius 2 is 1.83 bits per heavy atom. The van der Waals surface area contributed by atoms with Gasteiger partial charge >= 0.3 is 11.9 Å². The molecule has 4 nitrogen and oxygen atoms in total. The first-order valence-corrected chi connectivity index (χ1v) is 8.52. The van der Waals surface area contributed by atoms with Crippen LogP contribution in [-0.2, 0) is 19.1 Å². The summed E-state index contributed by atoms with van der Waals surface area (Å²) in [5.41, 5.74) is -0.0927. The molecule has 1 unspecified atom stereocenters. The van der Waals surface area contributed by atoms with E-state index in [-0.39, 0.29) is 5.92 Å². The average Bonchev–Trinajstić information content (AvgIpc) is 2.99. The molecule has 0 spiro atoms. The standard InChI is InChI=1S/C18H22O4S/c1-4-13-10-18(16(19)21-2,17(20)22-3)11-14(13)12-23-15-8-6-5-7-9-15/h5-9,12-13H,4,10-11H2,1-3H3/b14-12+. The van der Waals surface area contributed by atoms with Gasteiger partial charge in [0, 0.05) is 4.90 Å². The molecule has 1 aromatic carbocycles. The van der Waals surface area contributed by atoms with Crippen LogP contribution in [-0.4, -0.2) is 26.2 Å². The quantitative estimate of drug-likeness (QED) is 0.465. The molecule has 0 amide bonds. The second-order valence-electron chi connectivity index (χ2n) is 5.68. The Kier molecular flexibility index (Phi) is 5.88. The predicted octanol–water partition coefficient (Wildman–Crippen LogP) is 3.82. The number of hydrogen-bond acceptors (Lipinski definition) is 5. The number of rotatable bonds is 5. The topological polar surface area (TPSA) is 52.6 Å². The Morgan fingerprint density at radius 1 is 1.22 bits per heavy atom. The van der Waals surface area contributed by atoms with Crippen LogP contribution in [0.3, 0.4) is 0 Å². The normalized spacial score (nSPS) is 21.2. The molecule has 1 atom stereocenters. The van der Waals surface area contributed by atoms with Crippen molar-refractivity contribution in [2.75, 3.05) is 14.2 Å². The summed E-state index contributed by atoms with van der Waals surface area (Å²) in [5, 5.41) is 2.07. The number of carbonyl (C=O) groups is 2. The minimum Gasteiger partial charge on any atom is -0.468 e. The minimum absolute atomic E-state index is 0.185. The van der Waals surface area contributed by atoms with Crippen molar-refractivity contribution in [3.63, 3.8) is 0 Å². The summed E-state index contributed by atoms with van der Waals surface area (Å²) in [6.45, 7) is 2.07. The van der Waals surface area contributed by atoms with Crippen molar-refractivity contribution in [3.8, 4) is 0 Å². The molecular weight excluding hydrogens is 312 g/mol. The number of ether oxygens (including phenoxy) is 2. The highest BCUT2D eigenvalue weighted by molar-refractivity contribution is 8.02. The molecule has 0 saturated heterocycles. The molecule has 1 aliphatic carbocycles. The highest BCUT2D eigenvalue weighted by Gasteiger charge is 2.54. The Bertz CT molecular complexity index is 578. The number of hydrogen-bond donors (Lipinski definition) is 0. The van der Waals surface area contributed by atoms with Crippen LogP contribution >= 0.6 is 11.8 Å². The summed E-state index contributed by atoms with van der Waals surface area (Å²) in [5.74, 6) is -0.823. The molecule has 1 saturated carbocycles. The molecule has 1 aromatic rings. The summed E-state index contributed by atoms with van der Waals surface area (Å²) >= 11 is 1.61. The van der Waals surface area contributed by atoms with Gasteiger partial charge in [0.25, 0.3) is 0 Å². The van der Waals surface area contributed by atoms with E-state index in [0.29, 0.717) is 12.8 Å². The maximum Gasteiger partial charge on any atom is 0.323 e. The fourth-order valence-corrected chi connectivity index (χ4v) is 3.97. The lowest BCUT2D eigenvalue weighted by Gasteiger charge is -2.22. The van der Waals surface area contributed by atoms with E-state index in [2.05, 4.69) is 12.3 Å². The third-order valence-electron chi connectivity index (χ3n) is 4.36. The summed E-state index contributed by atoms with van der Waals surface area (Å²) in [7, 11) is 2.63. The van der Waals surface area contributed by atoms with Gasteiger partial charge in [0.05, 0.1) is 14.2 Å². The maximum atomic E-state index is 12.3. The van der Waals surface area contributed by atoms with E-state index >= 15 is 0 Å². The maximum absolute atomic E-state index is 12.3. The molecule has 1 fully saturated rings. The van der Waals surface area contributed by atoms with Crippen LogP contribution in [0.5, 0.6) is 0 Å². The molecule has 0 bridgehead atoms. The van der Waals surface area contributed by atoms with Crippen molar-refractivity contribution in [2.45, 2.75) is 31.1 Å². The zero-order chi connectivity index (χ0) is 16.9. The molecule has 124 valence electrons. The molecule has 0 heterocycles. The minimum atomic E-state index is -1.20. The lowest BCUT2D eigenvalue weighted by Crippen LogP contribution is -2.39. The Morgan fingerprint density at radius 3 is 2.35 bits per heavy atom. The Hall–Kier alpha value is -1.75. The first-order valence-electron chi connectivity index (χ1n) is 7.65.